The highest BCUT2D eigenvalue weighted by Gasteiger charge is 2.51. The van der Waals surface area contributed by atoms with Gasteiger partial charge in [-0.1, -0.05) is 6.07 Å². The van der Waals surface area contributed by atoms with Gasteiger partial charge in [0.2, 0.25) is 0 Å². The number of carbonyl (C=O) groups excluding carboxylic acids is 1. The van der Waals surface area contributed by atoms with Gasteiger partial charge in [-0.15, -0.1) is 11.3 Å². The molecule has 5 aliphatic rings. The Morgan fingerprint density at radius 2 is 1.96 bits per heavy atom. The van der Waals surface area contributed by atoms with Crippen LogP contribution in [0.1, 0.15) is 56.2 Å². The average Bonchev–Trinajstić information content (AvgIpc) is 3.26. The van der Waals surface area contributed by atoms with Crippen molar-refractivity contribution in [3.05, 3.63) is 22.4 Å². The molecule has 2 atom stereocenters. The van der Waals surface area contributed by atoms with Gasteiger partial charge in [0.15, 0.2) is 6.54 Å². The Morgan fingerprint density at radius 1 is 1.22 bits per heavy atom. The number of amides is 1. The molecule has 2 heterocycles. The van der Waals surface area contributed by atoms with Crippen LogP contribution in [0, 0.1) is 17.8 Å². The maximum Gasteiger partial charge on any atom is 0.275 e. The topological polar surface area (TPSA) is 42.8 Å². The summed E-state index contributed by atoms with van der Waals surface area (Å²) in [5.74, 6) is 2.88. The van der Waals surface area contributed by atoms with Crippen LogP contribution >= 0.6 is 11.3 Å². The highest BCUT2D eigenvalue weighted by Crippen LogP contribution is 2.55. The molecule has 0 radical (unpaired) electrons. The first-order valence-corrected chi connectivity index (χ1v) is 11.8. The Kier molecular flexibility index (Phi) is 5.03. The first-order valence-electron chi connectivity index (χ1n) is 10.9. The summed E-state index contributed by atoms with van der Waals surface area (Å²) in [7, 11) is 0. The van der Waals surface area contributed by atoms with E-state index in [0.29, 0.717) is 12.6 Å². The fourth-order valence-electron chi connectivity index (χ4n) is 6.82. The molecule has 0 spiro atoms. The van der Waals surface area contributed by atoms with E-state index < -0.39 is 0 Å². The summed E-state index contributed by atoms with van der Waals surface area (Å²) in [6, 6.07) is 4.30. The lowest BCUT2D eigenvalue weighted by atomic mass is 9.53. The predicted octanol–water partition coefficient (Wildman–Crippen LogP) is 2.40. The molecular weight excluding hydrogens is 356 g/mol. The number of carbonyl (C=O) groups is 1. The molecule has 1 unspecified atom stereocenters. The second-order valence-electron chi connectivity index (χ2n) is 9.77. The number of ether oxygens (including phenoxy) is 1. The van der Waals surface area contributed by atoms with E-state index in [9.17, 15) is 4.79 Å². The van der Waals surface area contributed by atoms with Crippen molar-refractivity contribution < 1.29 is 14.4 Å². The maximum absolute atomic E-state index is 13.1. The van der Waals surface area contributed by atoms with Crippen molar-refractivity contribution >= 4 is 17.2 Å². The Balaban J connectivity index is 1.22. The van der Waals surface area contributed by atoms with Crippen LogP contribution in [0.25, 0.3) is 0 Å². The van der Waals surface area contributed by atoms with Crippen LogP contribution in [-0.2, 0) is 16.1 Å². The number of thiophene rings is 1. The number of hydrogen-bond donors (Lipinski definition) is 2. The van der Waals surface area contributed by atoms with Gasteiger partial charge >= 0.3 is 0 Å². The summed E-state index contributed by atoms with van der Waals surface area (Å²) in [4.78, 5) is 15.8. The highest BCUT2D eigenvalue weighted by molar-refractivity contribution is 7.09. The third-order valence-corrected chi connectivity index (χ3v) is 8.27. The van der Waals surface area contributed by atoms with Crippen molar-refractivity contribution in [2.45, 2.75) is 69.6 Å². The zero-order valence-electron chi connectivity index (χ0n) is 16.3. The highest BCUT2D eigenvalue weighted by atomic mass is 32.1. The summed E-state index contributed by atoms with van der Waals surface area (Å²) in [6.07, 6.45) is 10.6. The minimum absolute atomic E-state index is 0.129. The summed E-state index contributed by atoms with van der Waals surface area (Å²) >= 11 is 1.80. The quantitative estimate of drug-likeness (QED) is 0.752. The standard InChI is InChI=1S/C22H32N2O2S/c25-21(23-22-10-16-7-17(11-22)9-18(8-16)12-22)15-24(13-19-3-1-5-26-19)14-20-4-2-6-27-20/h2,4,6,16-19H,1,3,5,7-15H2,(H,23,25)/p+1/t16?,17?,18?,19-,22?/m1/s1. The average molecular weight is 390 g/mol. The third kappa shape index (κ3) is 4.10. The van der Waals surface area contributed by atoms with Crippen LogP contribution in [0.15, 0.2) is 17.5 Å². The molecule has 1 saturated heterocycles. The van der Waals surface area contributed by atoms with Gasteiger partial charge in [0.1, 0.15) is 19.2 Å². The lowest BCUT2D eigenvalue weighted by Crippen LogP contribution is -3.13. The van der Waals surface area contributed by atoms with E-state index in [1.54, 1.807) is 11.3 Å². The molecule has 1 aliphatic heterocycles. The number of nitrogens with one attached hydrogen (secondary N) is 2. The molecule has 5 fully saturated rings. The van der Waals surface area contributed by atoms with E-state index in [4.69, 9.17) is 4.74 Å². The van der Waals surface area contributed by atoms with Gasteiger partial charge in [-0.25, -0.2) is 0 Å². The van der Waals surface area contributed by atoms with Crippen molar-refractivity contribution in [1.29, 1.82) is 0 Å². The third-order valence-electron chi connectivity index (χ3n) is 7.40. The fourth-order valence-corrected chi connectivity index (χ4v) is 7.60. The number of hydrogen-bond acceptors (Lipinski definition) is 3. The normalized spacial score (nSPS) is 38.2. The van der Waals surface area contributed by atoms with Gasteiger partial charge in [-0.2, -0.15) is 0 Å². The van der Waals surface area contributed by atoms with Crippen LogP contribution in [0.5, 0.6) is 0 Å². The van der Waals surface area contributed by atoms with Crippen molar-refractivity contribution in [2.24, 2.45) is 17.8 Å². The first-order chi connectivity index (χ1) is 13.2. The molecule has 1 aromatic rings. The maximum atomic E-state index is 13.1. The Bertz CT molecular complexity index is 618. The molecule has 6 rings (SSSR count). The lowest BCUT2D eigenvalue weighted by molar-refractivity contribution is -0.908. The molecule has 0 aromatic carbocycles. The molecule has 4 nitrogen and oxygen atoms in total. The summed E-state index contributed by atoms with van der Waals surface area (Å²) in [5.41, 5.74) is 0.129. The largest absolute Gasteiger partial charge is 0.372 e. The molecule has 4 saturated carbocycles. The molecule has 148 valence electrons. The van der Waals surface area contributed by atoms with E-state index in [0.717, 1.165) is 50.3 Å². The molecule has 4 aliphatic carbocycles. The molecule has 5 heteroatoms. The van der Waals surface area contributed by atoms with Crippen molar-refractivity contribution in [2.75, 3.05) is 19.7 Å². The Morgan fingerprint density at radius 3 is 2.56 bits per heavy atom. The summed E-state index contributed by atoms with van der Waals surface area (Å²) in [5, 5.41) is 5.70. The molecular formula is C22H33N2O2S+. The van der Waals surface area contributed by atoms with Crippen molar-refractivity contribution in [3.8, 4) is 0 Å². The monoisotopic (exact) mass is 389 g/mol. The van der Waals surface area contributed by atoms with Gasteiger partial charge in [0, 0.05) is 12.1 Å². The van der Waals surface area contributed by atoms with Gasteiger partial charge < -0.3 is 15.0 Å². The molecule has 27 heavy (non-hydrogen) atoms. The van der Waals surface area contributed by atoms with Crippen molar-refractivity contribution in [1.82, 2.24) is 5.32 Å². The fraction of sp³-hybridized carbons (Fsp3) is 0.773. The second-order valence-corrected chi connectivity index (χ2v) is 10.8. The number of rotatable bonds is 7. The molecule has 4 bridgehead atoms. The zero-order chi connectivity index (χ0) is 18.3. The van der Waals surface area contributed by atoms with Crippen LogP contribution < -0.4 is 10.2 Å². The zero-order valence-corrected chi connectivity index (χ0v) is 17.1. The summed E-state index contributed by atoms with van der Waals surface area (Å²) < 4.78 is 5.87. The molecule has 1 amide bonds. The van der Waals surface area contributed by atoms with Crippen LogP contribution in [0.2, 0.25) is 0 Å². The second kappa shape index (κ2) is 7.49. The van der Waals surface area contributed by atoms with Crippen LogP contribution in [0.3, 0.4) is 0 Å². The predicted molar refractivity (Wildman–Crippen MR) is 107 cm³/mol. The molecule has 1 aromatic heterocycles. The molecule has 2 N–H and O–H groups in total. The smallest absolute Gasteiger partial charge is 0.275 e. The van der Waals surface area contributed by atoms with Gasteiger partial charge in [-0.3, -0.25) is 4.79 Å². The minimum atomic E-state index is 0.129. The summed E-state index contributed by atoms with van der Waals surface area (Å²) in [6.45, 7) is 3.36. The minimum Gasteiger partial charge on any atom is -0.372 e. The van der Waals surface area contributed by atoms with E-state index in [-0.39, 0.29) is 11.4 Å². The Labute approximate surface area is 166 Å². The lowest BCUT2D eigenvalue weighted by Gasteiger charge is -2.56. The van der Waals surface area contributed by atoms with Crippen LogP contribution in [-0.4, -0.2) is 37.2 Å². The van der Waals surface area contributed by atoms with Gasteiger partial charge in [0.25, 0.3) is 5.91 Å². The van der Waals surface area contributed by atoms with Gasteiger partial charge in [0.05, 0.1) is 4.88 Å². The van der Waals surface area contributed by atoms with E-state index in [1.807, 2.05) is 0 Å². The number of quaternary nitrogens is 1. The first kappa shape index (κ1) is 18.1. The van der Waals surface area contributed by atoms with Crippen LogP contribution in [0.4, 0.5) is 0 Å². The van der Waals surface area contributed by atoms with E-state index in [2.05, 4.69) is 22.8 Å². The Hall–Kier alpha value is -0.910. The van der Waals surface area contributed by atoms with E-state index >= 15 is 0 Å². The SMILES string of the molecule is O=C(C[NH+](Cc1cccs1)C[C@H]1CCCO1)NC12CC3CC(CC(C3)C1)C2. The van der Waals surface area contributed by atoms with E-state index in [1.165, 1.54) is 48.3 Å². The van der Waals surface area contributed by atoms with Crippen molar-refractivity contribution in [3.63, 3.8) is 0 Å². The van der Waals surface area contributed by atoms with Gasteiger partial charge in [-0.05, 0) is 80.6 Å².